The smallest absolute Gasteiger partial charge is 0.0368 e. The van der Waals surface area contributed by atoms with Crippen LogP contribution in [-0.4, -0.2) is 6.54 Å². The molecule has 0 aliphatic heterocycles. The van der Waals surface area contributed by atoms with E-state index in [9.17, 15) is 0 Å². The van der Waals surface area contributed by atoms with Crippen LogP contribution in [0, 0.1) is 0 Å². The third-order valence-electron chi connectivity index (χ3n) is 3.67. The molecule has 0 radical (unpaired) electrons. The predicted molar refractivity (Wildman–Crippen MR) is 97.3 cm³/mol. The molecule has 21 heavy (non-hydrogen) atoms. The molecule has 0 bridgehead atoms. The number of nitrogens with one attached hydrogen (secondary N) is 1. The van der Waals surface area contributed by atoms with Crippen molar-refractivity contribution >= 4 is 27.3 Å². The average Bonchev–Trinajstić information content (AvgIpc) is 2.89. The van der Waals surface area contributed by atoms with E-state index in [2.05, 4.69) is 77.7 Å². The fraction of sp³-hybridized carbons (Fsp3) is 0.444. The summed E-state index contributed by atoms with van der Waals surface area (Å²) in [5, 5.41) is 5.84. The summed E-state index contributed by atoms with van der Waals surface area (Å²) in [6.45, 7) is 7.76. The van der Waals surface area contributed by atoms with E-state index in [0.717, 1.165) is 19.4 Å². The van der Waals surface area contributed by atoms with Gasteiger partial charge in [-0.1, -0.05) is 45.0 Å². The molecule has 0 aliphatic carbocycles. The summed E-state index contributed by atoms with van der Waals surface area (Å²) >= 11 is 5.37. The lowest BCUT2D eigenvalue weighted by atomic mass is 9.97. The molecule has 0 spiro atoms. The molecule has 1 aromatic carbocycles. The first-order valence-electron chi connectivity index (χ1n) is 7.66. The summed E-state index contributed by atoms with van der Waals surface area (Å²) in [6, 6.07) is 11.7. The standard InChI is InChI=1S/C18H24BrNS/c1-4-9-20-18(11-17-10-16(19)12-21-17)15-7-5-14(6-8-15)13(2)3/h5-8,10,12-13,18,20H,4,9,11H2,1-3H3. The van der Waals surface area contributed by atoms with Crippen molar-refractivity contribution in [2.45, 2.75) is 45.6 Å². The molecule has 1 unspecified atom stereocenters. The zero-order valence-electron chi connectivity index (χ0n) is 13.0. The van der Waals surface area contributed by atoms with Crippen LogP contribution in [0.3, 0.4) is 0 Å². The van der Waals surface area contributed by atoms with Gasteiger partial charge in [0.2, 0.25) is 0 Å². The Kier molecular flexibility index (Phi) is 6.46. The Morgan fingerprint density at radius 2 is 1.81 bits per heavy atom. The molecular weight excluding hydrogens is 342 g/mol. The lowest BCUT2D eigenvalue weighted by Gasteiger charge is -2.19. The summed E-state index contributed by atoms with van der Waals surface area (Å²) in [4.78, 5) is 1.42. The summed E-state index contributed by atoms with van der Waals surface area (Å²) in [5.74, 6) is 0.592. The van der Waals surface area contributed by atoms with Crippen LogP contribution in [0.4, 0.5) is 0 Å². The third kappa shape index (κ3) is 4.94. The molecule has 114 valence electrons. The minimum Gasteiger partial charge on any atom is -0.310 e. The topological polar surface area (TPSA) is 12.0 Å². The van der Waals surface area contributed by atoms with E-state index < -0.39 is 0 Å². The molecule has 2 aromatic rings. The molecule has 3 heteroatoms. The Morgan fingerprint density at radius 3 is 2.33 bits per heavy atom. The van der Waals surface area contributed by atoms with Gasteiger partial charge in [0.25, 0.3) is 0 Å². The molecule has 1 aromatic heterocycles. The molecule has 1 N–H and O–H groups in total. The maximum atomic E-state index is 3.68. The minimum absolute atomic E-state index is 0.400. The molecule has 1 nitrogen and oxygen atoms in total. The van der Waals surface area contributed by atoms with E-state index in [0.29, 0.717) is 12.0 Å². The third-order valence-corrected chi connectivity index (χ3v) is 5.39. The van der Waals surface area contributed by atoms with Crippen LogP contribution in [0.1, 0.15) is 55.2 Å². The number of rotatable bonds is 7. The number of hydrogen-bond acceptors (Lipinski definition) is 2. The lowest BCUT2D eigenvalue weighted by Crippen LogP contribution is -2.23. The second-order valence-corrected chi connectivity index (χ2v) is 7.67. The van der Waals surface area contributed by atoms with Gasteiger partial charge in [-0.15, -0.1) is 11.3 Å². The van der Waals surface area contributed by atoms with Gasteiger partial charge in [0.1, 0.15) is 0 Å². The van der Waals surface area contributed by atoms with Crippen molar-refractivity contribution in [2.75, 3.05) is 6.54 Å². The van der Waals surface area contributed by atoms with Crippen molar-refractivity contribution in [3.63, 3.8) is 0 Å². The molecule has 0 saturated carbocycles. The van der Waals surface area contributed by atoms with Gasteiger partial charge >= 0.3 is 0 Å². The summed E-state index contributed by atoms with van der Waals surface area (Å²) in [7, 11) is 0. The van der Waals surface area contributed by atoms with Crippen molar-refractivity contribution in [3.8, 4) is 0 Å². The van der Waals surface area contributed by atoms with Crippen LogP contribution in [0.5, 0.6) is 0 Å². The van der Waals surface area contributed by atoms with Gasteiger partial charge in [0, 0.05) is 27.2 Å². The zero-order valence-corrected chi connectivity index (χ0v) is 15.4. The fourth-order valence-electron chi connectivity index (χ4n) is 2.40. The first kappa shape index (κ1) is 16.7. The fourth-order valence-corrected chi connectivity index (χ4v) is 3.90. The number of halogens is 1. The summed E-state index contributed by atoms with van der Waals surface area (Å²) < 4.78 is 1.19. The van der Waals surface area contributed by atoms with E-state index in [1.165, 1.54) is 20.5 Å². The highest BCUT2D eigenvalue weighted by atomic mass is 79.9. The van der Waals surface area contributed by atoms with Crippen LogP contribution in [-0.2, 0) is 6.42 Å². The van der Waals surface area contributed by atoms with Crippen LogP contribution in [0.25, 0.3) is 0 Å². The van der Waals surface area contributed by atoms with Crippen molar-refractivity contribution < 1.29 is 0 Å². The van der Waals surface area contributed by atoms with Gasteiger partial charge in [-0.25, -0.2) is 0 Å². The molecular formula is C18H24BrNS. The van der Waals surface area contributed by atoms with Gasteiger partial charge in [-0.3, -0.25) is 0 Å². The molecule has 0 fully saturated rings. The maximum absolute atomic E-state index is 3.68. The highest BCUT2D eigenvalue weighted by Crippen LogP contribution is 2.26. The average molecular weight is 366 g/mol. The normalized spacial score (nSPS) is 12.8. The predicted octanol–water partition coefficient (Wildman–Crippen LogP) is 5.92. The Hall–Kier alpha value is -0.640. The molecule has 0 amide bonds. The van der Waals surface area contributed by atoms with E-state index in [4.69, 9.17) is 0 Å². The first-order chi connectivity index (χ1) is 10.1. The van der Waals surface area contributed by atoms with E-state index >= 15 is 0 Å². The Morgan fingerprint density at radius 1 is 1.14 bits per heavy atom. The van der Waals surface area contributed by atoms with E-state index in [1.54, 1.807) is 0 Å². The SMILES string of the molecule is CCCNC(Cc1cc(Br)cs1)c1ccc(C(C)C)cc1. The van der Waals surface area contributed by atoms with E-state index in [-0.39, 0.29) is 0 Å². The number of benzene rings is 1. The summed E-state index contributed by atoms with van der Waals surface area (Å²) in [6.07, 6.45) is 2.21. The van der Waals surface area contributed by atoms with Crippen molar-refractivity contribution in [1.82, 2.24) is 5.32 Å². The highest BCUT2D eigenvalue weighted by Gasteiger charge is 2.13. The van der Waals surface area contributed by atoms with Crippen molar-refractivity contribution in [1.29, 1.82) is 0 Å². The number of hydrogen-bond donors (Lipinski definition) is 1. The highest BCUT2D eigenvalue weighted by molar-refractivity contribution is 9.10. The second-order valence-electron chi connectivity index (χ2n) is 5.76. The largest absolute Gasteiger partial charge is 0.310 e. The lowest BCUT2D eigenvalue weighted by molar-refractivity contribution is 0.532. The van der Waals surface area contributed by atoms with Crippen LogP contribution >= 0.6 is 27.3 Å². The molecule has 1 atom stereocenters. The minimum atomic E-state index is 0.400. The van der Waals surface area contributed by atoms with Crippen LogP contribution < -0.4 is 5.32 Å². The monoisotopic (exact) mass is 365 g/mol. The van der Waals surface area contributed by atoms with Gasteiger partial charge in [0.15, 0.2) is 0 Å². The van der Waals surface area contributed by atoms with E-state index in [1.807, 2.05) is 11.3 Å². The van der Waals surface area contributed by atoms with Crippen molar-refractivity contribution in [2.24, 2.45) is 0 Å². The van der Waals surface area contributed by atoms with Gasteiger partial charge in [-0.2, -0.15) is 0 Å². The maximum Gasteiger partial charge on any atom is 0.0368 e. The Bertz CT molecular complexity index is 545. The Labute approximate surface area is 140 Å². The summed E-state index contributed by atoms with van der Waals surface area (Å²) in [5.41, 5.74) is 2.80. The zero-order chi connectivity index (χ0) is 15.2. The Balaban J connectivity index is 2.14. The van der Waals surface area contributed by atoms with Crippen LogP contribution in [0.2, 0.25) is 0 Å². The van der Waals surface area contributed by atoms with Gasteiger partial charge < -0.3 is 5.32 Å². The quantitative estimate of drug-likeness (QED) is 0.642. The molecule has 1 heterocycles. The number of thiophene rings is 1. The van der Waals surface area contributed by atoms with Gasteiger partial charge in [0.05, 0.1) is 0 Å². The van der Waals surface area contributed by atoms with Crippen molar-refractivity contribution in [3.05, 3.63) is 56.2 Å². The second kappa shape index (κ2) is 8.11. The van der Waals surface area contributed by atoms with Gasteiger partial charge in [-0.05, 0) is 52.0 Å². The molecule has 0 aliphatic rings. The molecule has 0 saturated heterocycles. The van der Waals surface area contributed by atoms with Crippen LogP contribution in [0.15, 0.2) is 40.2 Å². The first-order valence-corrected chi connectivity index (χ1v) is 9.33. The molecule has 2 rings (SSSR count).